The fraction of sp³-hybridized carbons (Fsp3) is 0.583. The molecule has 3 rings (SSSR count). The number of hydroxylamine groups is 1. The van der Waals surface area contributed by atoms with Crippen molar-refractivity contribution in [2.75, 3.05) is 0 Å². The Morgan fingerprint density at radius 2 is 1.85 bits per heavy atom. The van der Waals surface area contributed by atoms with Gasteiger partial charge in [-0.05, 0) is 37.2 Å². The van der Waals surface area contributed by atoms with E-state index in [1.54, 1.807) is 40.7 Å². The predicted molar refractivity (Wildman–Crippen MR) is 119 cm³/mol. The molecule has 0 aromatic heterocycles. The van der Waals surface area contributed by atoms with Gasteiger partial charge in [0, 0.05) is 18.4 Å². The number of carbonyl (C=O) groups excluding carboxylic acids is 3. The van der Waals surface area contributed by atoms with Gasteiger partial charge in [-0.3, -0.25) is 19.6 Å². The molecule has 4 N–H and O–H groups in total. The van der Waals surface area contributed by atoms with Crippen molar-refractivity contribution >= 4 is 23.7 Å². The third-order valence-electron chi connectivity index (χ3n) is 6.84. The minimum atomic E-state index is -1.21. The molecule has 2 aliphatic rings. The molecule has 0 unspecified atom stereocenters. The zero-order chi connectivity index (χ0) is 24.0. The molecule has 0 spiro atoms. The van der Waals surface area contributed by atoms with E-state index < -0.39 is 35.8 Å². The minimum Gasteiger partial charge on any atom is -0.479 e. The van der Waals surface area contributed by atoms with Crippen molar-refractivity contribution in [3.63, 3.8) is 0 Å². The second-order valence-corrected chi connectivity index (χ2v) is 9.04. The number of carboxylic acids is 1. The molecule has 2 bridgehead atoms. The van der Waals surface area contributed by atoms with E-state index in [1.165, 1.54) is 0 Å². The summed E-state index contributed by atoms with van der Waals surface area (Å²) in [5, 5.41) is 21.3. The summed E-state index contributed by atoms with van der Waals surface area (Å²) in [6, 6.07) is 6.39. The number of hydrogen-bond donors (Lipinski definition) is 4. The number of unbranched alkanes of at least 4 members (excludes halogenated alkanes) is 2. The Labute approximate surface area is 193 Å². The third-order valence-corrected chi connectivity index (χ3v) is 6.84. The highest BCUT2D eigenvalue weighted by molar-refractivity contribution is 5.93. The largest absolute Gasteiger partial charge is 0.479 e. The fourth-order valence-corrected chi connectivity index (χ4v) is 5.24. The zero-order valence-corrected chi connectivity index (χ0v) is 18.9. The normalized spacial score (nSPS) is 23.1. The second-order valence-electron chi connectivity index (χ2n) is 9.04. The lowest BCUT2D eigenvalue weighted by molar-refractivity contribution is -0.149. The van der Waals surface area contributed by atoms with Crippen molar-refractivity contribution in [3.05, 3.63) is 35.9 Å². The van der Waals surface area contributed by atoms with Crippen LogP contribution in [0.3, 0.4) is 0 Å². The molecule has 1 aliphatic carbocycles. The van der Waals surface area contributed by atoms with E-state index in [0.29, 0.717) is 18.4 Å². The van der Waals surface area contributed by atoms with E-state index >= 15 is 0 Å². The maximum atomic E-state index is 13.6. The highest BCUT2D eigenvalue weighted by Gasteiger charge is 2.52. The monoisotopic (exact) mass is 459 g/mol. The highest BCUT2D eigenvalue weighted by Crippen LogP contribution is 2.44. The number of benzene rings is 1. The van der Waals surface area contributed by atoms with E-state index in [4.69, 9.17) is 5.21 Å². The van der Waals surface area contributed by atoms with Gasteiger partial charge in [0.25, 0.3) is 0 Å². The molecule has 9 nitrogen and oxygen atoms in total. The lowest BCUT2D eigenvalue weighted by Gasteiger charge is -2.37. The number of likely N-dealkylation sites (tertiary alicyclic amines) is 1. The Bertz CT molecular complexity index is 861. The minimum absolute atomic E-state index is 0.0351. The fourth-order valence-electron chi connectivity index (χ4n) is 5.24. The Morgan fingerprint density at radius 3 is 2.48 bits per heavy atom. The Kier molecular flexibility index (Phi) is 8.43. The van der Waals surface area contributed by atoms with Gasteiger partial charge in [0.05, 0.1) is 0 Å². The molecule has 1 aromatic carbocycles. The molecule has 33 heavy (non-hydrogen) atoms. The number of carbonyl (C=O) groups is 4. The zero-order valence-electron chi connectivity index (χ0n) is 18.9. The summed E-state index contributed by atoms with van der Waals surface area (Å²) < 4.78 is 0. The van der Waals surface area contributed by atoms with Crippen molar-refractivity contribution in [3.8, 4) is 0 Å². The highest BCUT2D eigenvalue weighted by atomic mass is 16.5. The number of aliphatic carboxylic acids is 1. The van der Waals surface area contributed by atoms with Gasteiger partial charge in [-0.2, -0.15) is 0 Å². The summed E-state index contributed by atoms with van der Waals surface area (Å²) >= 11 is 0. The quantitative estimate of drug-likeness (QED) is 0.228. The smallest absolute Gasteiger partial charge is 0.330 e. The van der Waals surface area contributed by atoms with Crippen molar-refractivity contribution in [2.24, 2.45) is 11.8 Å². The van der Waals surface area contributed by atoms with Gasteiger partial charge in [0.2, 0.25) is 17.7 Å². The van der Waals surface area contributed by atoms with Crippen LogP contribution in [0.15, 0.2) is 30.3 Å². The van der Waals surface area contributed by atoms with Crippen molar-refractivity contribution < 1.29 is 29.5 Å². The predicted octanol–water partition coefficient (Wildman–Crippen LogP) is 2.40. The van der Waals surface area contributed by atoms with Crippen LogP contribution in [0, 0.1) is 11.8 Å². The molecule has 1 saturated heterocycles. The number of fused-ring (bicyclic) bond motifs is 2. The van der Waals surface area contributed by atoms with E-state index in [2.05, 4.69) is 5.32 Å². The molecule has 1 aliphatic heterocycles. The average Bonchev–Trinajstić information content (AvgIpc) is 3.43. The van der Waals surface area contributed by atoms with Crippen molar-refractivity contribution in [1.82, 2.24) is 15.7 Å². The molecular weight excluding hydrogens is 426 g/mol. The number of rotatable bonds is 11. The molecule has 9 heteroatoms. The van der Waals surface area contributed by atoms with Crippen molar-refractivity contribution in [2.45, 2.75) is 76.4 Å². The van der Waals surface area contributed by atoms with Crippen LogP contribution in [0.5, 0.6) is 0 Å². The standard InChI is InChI=1S/C24H33N3O6/c1-2-3-5-10-17(14-19(28)26-33)23(30)27-18-12-11-16(13-18)21(27)22(29)25-20(24(31)32)15-8-6-4-7-9-15/h4,6-9,16-18,20-21,33H,2-3,5,10-14H2,1H3,(H,25,29)(H,26,28)(H,31,32)/t16-,17+,18+,20-,21-/m0/s1. The van der Waals surface area contributed by atoms with Crippen LogP contribution < -0.4 is 10.8 Å². The molecule has 0 radical (unpaired) electrons. The van der Waals surface area contributed by atoms with Crippen LogP contribution in [0.2, 0.25) is 0 Å². The van der Waals surface area contributed by atoms with Gasteiger partial charge < -0.3 is 15.3 Å². The summed E-state index contributed by atoms with van der Waals surface area (Å²) in [6.45, 7) is 2.04. The lowest BCUT2D eigenvalue weighted by atomic mass is 9.92. The SMILES string of the molecule is CCCCC[C@H](CC(=O)NO)C(=O)N1[C@@H]2CC[C@@H](C2)[C@H]1C(=O)N[C@H](C(=O)O)c1ccccc1. The molecule has 3 amide bonds. The number of amides is 3. The first-order valence-corrected chi connectivity index (χ1v) is 11.7. The molecule has 5 atom stereocenters. The van der Waals surface area contributed by atoms with E-state index in [9.17, 15) is 24.3 Å². The Balaban J connectivity index is 1.80. The maximum absolute atomic E-state index is 13.6. The molecule has 1 heterocycles. The van der Waals surface area contributed by atoms with Crippen LogP contribution in [-0.4, -0.2) is 51.0 Å². The van der Waals surface area contributed by atoms with E-state index in [-0.39, 0.29) is 24.3 Å². The Morgan fingerprint density at radius 1 is 1.12 bits per heavy atom. The molecule has 180 valence electrons. The van der Waals surface area contributed by atoms with Gasteiger partial charge in [-0.1, -0.05) is 56.5 Å². The van der Waals surface area contributed by atoms with Crippen LogP contribution in [0.1, 0.15) is 69.9 Å². The van der Waals surface area contributed by atoms with Crippen LogP contribution in [0.25, 0.3) is 0 Å². The summed E-state index contributed by atoms with van der Waals surface area (Å²) in [6.07, 6.45) is 5.26. The van der Waals surface area contributed by atoms with E-state index in [0.717, 1.165) is 32.1 Å². The van der Waals surface area contributed by atoms with E-state index in [1.807, 2.05) is 6.92 Å². The van der Waals surface area contributed by atoms with Crippen LogP contribution >= 0.6 is 0 Å². The van der Waals surface area contributed by atoms with Crippen molar-refractivity contribution in [1.29, 1.82) is 0 Å². The van der Waals surface area contributed by atoms with Gasteiger partial charge in [-0.25, -0.2) is 10.3 Å². The topological polar surface area (TPSA) is 136 Å². The number of nitrogens with one attached hydrogen (secondary N) is 2. The molecule has 2 fully saturated rings. The summed E-state index contributed by atoms with van der Waals surface area (Å²) in [7, 11) is 0. The number of carboxylic acid groups (broad SMARTS) is 1. The maximum Gasteiger partial charge on any atom is 0.330 e. The van der Waals surface area contributed by atoms with Gasteiger partial charge in [-0.15, -0.1) is 0 Å². The number of nitrogens with zero attached hydrogens (tertiary/aromatic N) is 1. The Hall–Kier alpha value is -2.94. The first-order chi connectivity index (χ1) is 15.9. The average molecular weight is 460 g/mol. The van der Waals surface area contributed by atoms with Gasteiger partial charge in [0.15, 0.2) is 6.04 Å². The summed E-state index contributed by atoms with van der Waals surface area (Å²) in [4.78, 5) is 52.2. The molecule has 1 aromatic rings. The summed E-state index contributed by atoms with van der Waals surface area (Å²) in [5.41, 5.74) is 2.06. The van der Waals surface area contributed by atoms with Crippen LogP contribution in [-0.2, 0) is 19.2 Å². The van der Waals surface area contributed by atoms with Crippen LogP contribution in [0.4, 0.5) is 0 Å². The first kappa shape index (κ1) is 24.7. The number of hydrogen-bond acceptors (Lipinski definition) is 5. The second kappa shape index (κ2) is 11.3. The van der Waals surface area contributed by atoms with Gasteiger partial charge >= 0.3 is 5.97 Å². The third kappa shape index (κ3) is 5.71. The van der Waals surface area contributed by atoms with Gasteiger partial charge in [0.1, 0.15) is 6.04 Å². The molecule has 1 saturated carbocycles. The summed E-state index contributed by atoms with van der Waals surface area (Å²) in [5.74, 6) is -3.23. The lowest BCUT2D eigenvalue weighted by Crippen LogP contribution is -2.55. The first-order valence-electron chi connectivity index (χ1n) is 11.7. The molecular formula is C24H33N3O6. The number of piperidine rings is 1.